The molecule has 27 heavy (non-hydrogen) atoms. The highest BCUT2D eigenvalue weighted by molar-refractivity contribution is 6.31. The van der Waals surface area contributed by atoms with Crippen LogP contribution < -0.4 is 24.8 Å². The average molecular weight is 388 g/mol. The van der Waals surface area contributed by atoms with Crippen molar-refractivity contribution in [3.05, 3.63) is 47.6 Å². The maximum Gasteiger partial charge on any atom is 0.249 e. The highest BCUT2D eigenvalue weighted by Crippen LogP contribution is 2.32. The van der Waals surface area contributed by atoms with Crippen molar-refractivity contribution in [2.75, 3.05) is 32.0 Å². The normalized spacial score (nSPS) is 10.2. The summed E-state index contributed by atoms with van der Waals surface area (Å²) in [4.78, 5) is 4.41. The van der Waals surface area contributed by atoms with Crippen LogP contribution in [-0.4, -0.2) is 36.5 Å². The van der Waals surface area contributed by atoms with Crippen LogP contribution in [0.2, 0.25) is 5.02 Å². The smallest absolute Gasteiger partial charge is 0.249 e. The lowest BCUT2D eigenvalue weighted by Gasteiger charge is -2.13. The summed E-state index contributed by atoms with van der Waals surface area (Å²) in [7, 11) is 4.75. The van der Waals surface area contributed by atoms with Crippen LogP contribution in [0.3, 0.4) is 0 Å². The van der Waals surface area contributed by atoms with E-state index in [1.54, 1.807) is 57.7 Å². The molecule has 0 aliphatic carbocycles. The summed E-state index contributed by atoms with van der Waals surface area (Å²) >= 11 is 6.05. The molecule has 1 aromatic heterocycles. The first-order valence-electron chi connectivity index (χ1n) is 7.92. The average Bonchev–Trinajstić information content (AvgIpc) is 2.68. The van der Waals surface area contributed by atoms with Crippen LogP contribution in [0, 0.1) is 0 Å². The number of halogens is 1. The Morgan fingerprint density at radius 2 is 1.56 bits per heavy atom. The molecule has 0 atom stereocenters. The molecule has 1 heterocycles. The fourth-order valence-corrected chi connectivity index (χ4v) is 2.54. The van der Waals surface area contributed by atoms with Crippen LogP contribution in [0.4, 0.5) is 23.1 Å². The van der Waals surface area contributed by atoms with Crippen molar-refractivity contribution in [3.8, 4) is 17.2 Å². The van der Waals surface area contributed by atoms with Gasteiger partial charge in [0.2, 0.25) is 5.95 Å². The Labute approximate surface area is 161 Å². The standard InChI is InChI=1S/C18H18ClN5O3/c1-25-12-5-7-16(27-3)14(9-12)21-17-10-20-24-18(23-17)22-13-8-11(19)4-6-15(13)26-2/h4-10H,1-3H3,(H2,21,22,23,24). The third-order valence-corrected chi connectivity index (χ3v) is 3.87. The Hall–Kier alpha value is -3.26. The van der Waals surface area contributed by atoms with Gasteiger partial charge in [-0.15, -0.1) is 5.10 Å². The van der Waals surface area contributed by atoms with Crippen LogP contribution in [0.5, 0.6) is 17.2 Å². The number of ether oxygens (including phenoxy) is 3. The van der Waals surface area contributed by atoms with Gasteiger partial charge < -0.3 is 24.8 Å². The zero-order valence-electron chi connectivity index (χ0n) is 15.0. The molecule has 0 saturated heterocycles. The first-order valence-corrected chi connectivity index (χ1v) is 8.30. The van der Waals surface area contributed by atoms with Crippen LogP contribution >= 0.6 is 11.6 Å². The number of hydrogen-bond donors (Lipinski definition) is 2. The summed E-state index contributed by atoms with van der Waals surface area (Å²) < 4.78 is 15.9. The molecule has 0 fully saturated rings. The predicted molar refractivity (Wildman–Crippen MR) is 104 cm³/mol. The number of nitrogens with one attached hydrogen (secondary N) is 2. The minimum absolute atomic E-state index is 0.280. The lowest BCUT2D eigenvalue weighted by Crippen LogP contribution is -2.04. The topological polar surface area (TPSA) is 90.4 Å². The molecule has 0 aliphatic heterocycles. The van der Waals surface area contributed by atoms with E-state index in [0.29, 0.717) is 39.5 Å². The second kappa shape index (κ2) is 8.41. The molecule has 0 bridgehead atoms. The Morgan fingerprint density at radius 3 is 2.26 bits per heavy atom. The molecule has 3 aromatic rings. The van der Waals surface area contributed by atoms with Crippen molar-refractivity contribution >= 4 is 34.7 Å². The van der Waals surface area contributed by atoms with Gasteiger partial charge in [0.15, 0.2) is 5.82 Å². The Bertz CT molecular complexity index is 939. The highest BCUT2D eigenvalue weighted by Gasteiger charge is 2.10. The predicted octanol–water partition coefficient (Wildman–Crippen LogP) is 4.04. The fraction of sp³-hybridized carbons (Fsp3) is 0.167. The van der Waals surface area contributed by atoms with Gasteiger partial charge in [-0.3, -0.25) is 0 Å². The van der Waals surface area contributed by atoms with Gasteiger partial charge in [-0.25, -0.2) is 0 Å². The fourth-order valence-electron chi connectivity index (χ4n) is 2.36. The summed E-state index contributed by atoms with van der Waals surface area (Å²) in [6.45, 7) is 0. The van der Waals surface area contributed by atoms with Gasteiger partial charge in [0, 0.05) is 11.1 Å². The summed E-state index contributed by atoms with van der Waals surface area (Å²) in [5, 5.41) is 14.7. The molecule has 0 aliphatic rings. The van der Waals surface area contributed by atoms with Crippen molar-refractivity contribution in [2.24, 2.45) is 0 Å². The van der Waals surface area contributed by atoms with Gasteiger partial charge in [-0.1, -0.05) is 11.6 Å². The molecule has 140 valence electrons. The maximum absolute atomic E-state index is 6.05. The number of aromatic nitrogens is 3. The van der Waals surface area contributed by atoms with E-state index < -0.39 is 0 Å². The summed E-state index contributed by atoms with van der Waals surface area (Å²) in [5.41, 5.74) is 1.31. The number of methoxy groups -OCH3 is 3. The Kier molecular flexibility index (Phi) is 5.77. The molecule has 2 N–H and O–H groups in total. The molecule has 0 radical (unpaired) electrons. The SMILES string of the molecule is COc1ccc(OC)c(Nc2cnnc(Nc3cc(Cl)ccc3OC)n2)c1. The molecular weight excluding hydrogens is 370 g/mol. The monoisotopic (exact) mass is 387 g/mol. The Morgan fingerprint density at radius 1 is 0.852 bits per heavy atom. The van der Waals surface area contributed by atoms with Crippen molar-refractivity contribution in [3.63, 3.8) is 0 Å². The third kappa shape index (κ3) is 4.48. The zero-order valence-corrected chi connectivity index (χ0v) is 15.7. The number of rotatable bonds is 7. The minimum Gasteiger partial charge on any atom is -0.497 e. The van der Waals surface area contributed by atoms with Crippen LogP contribution in [0.1, 0.15) is 0 Å². The van der Waals surface area contributed by atoms with E-state index in [-0.39, 0.29) is 5.95 Å². The van der Waals surface area contributed by atoms with Crippen molar-refractivity contribution in [1.29, 1.82) is 0 Å². The molecule has 9 heteroatoms. The summed E-state index contributed by atoms with van der Waals surface area (Å²) in [5.74, 6) is 2.68. The van der Waals surface area contributed by atoms with Gasteiger partial charge in [0.1, 0.15) is 17.2 Å². The van der Waals surface area contributed by atoms with E-state index in [1.165, 1.54) is 6.20 Å². The van der Waals surface area contributed by atoms with E-state index in [1.807, 2.05) is 0 Å². The number of nitrogens with zero attached hydrogens (tertiary/aromatic N) is 3. The lowest BCUT2D eigenvalue weighted by atomic mass is 10.2. The van der Waals surface area contributed by atoms with Crippen LogP contribution in [-0.2, 0) is 0 Å². The molecule has 2 aromatic carbocycles. The summed E-state index contributed by atoms with van der Waals surface area (Å²) in [6.07, 6.45) is 1.50. The number of benzene rings is 2. The second-order valence-electron chi connectivity index (χ2n) is 5.33. The molecule has 0 spiro atoms. The van der Waals surface area contributed by atoms with E-state index >= 15 is 0 Å². The maximum atomic E-state index is 6.05. The number of hydrogen-bond acceptors (Lipinski definition) is 8. The van der Waals surface area contributed by atoms with Crippen molar-refractivity contribution in [2.45, 2.75) is 0 Å². The molecule has 3 rings (SSSR count). The first-order chi connectivity index (χ1) is 13.1. The van der Waals surface area contributed by atoms with E-state index in [0.717, 1.165) is 0 Å². The minimum atomic E-state index is 0.280. The summed E-state index contributed by atoms with van der Waals surface area (Å²) in [6, 6.07) is 10.6. The molecule has 0 amide bonds. The van der Waals surface area contributed by atoms with Crippen LogP contribution in [0.15, 0.2) is 42.6 Å². The quantitative estimate of drug-likeness (QED) is 0.627. The van der Waals surface area contributed by atoms with Crippen molar-refractivity contribution in [1.82, 2.24) is 15.2 Å². The number of anilines is 4. The zero-order chi connectivity index (χ0) is 19.2. The highest BCUT2D eigenvalue weighted by atomic mass is 35.5. The molecule has 0 saturated carbocycles. The van der Waals surface area contributed by atoms with Crippen molar-refractivity contribution < 1.29 is 14.2 Å². The van der Waals surface area contributed by atoms with Gasteiger partial charge in [-0.05, 0) is 30.3 Å². The molecular formula is C18H18ClN5O3. The lowest BCUT2D eigenvalue weighted by molar-refractivity contribution is 0.405. The van der Waals surface area contributed by atoms with Gasteiger partial charge in [0.05, 0.1) is 38.9 Å². The van der Waals surface area contributed by atoms with E-state index in [9.17, 15) is 0 Å². The van der Waals surface area contributed by atoms with Gasteiger partial charge in [-0.2, -0.15) is 10.1 Å². The van der Waals surface area contributed by atoms with Gasteiger partial charge in [0.25, 0.3) is 0 Å². The molecule has 0 unspecified atom stereocenters. The first kappa shape index (κ1) is 18.5. The largest absolute Gasteiger partial charge is 0.497 e. The van der Waals surface area contributed by atoms with E-state index in [4.69, 9.17) is 25.8 Å². The Balaban J connectivity index is 1.86. The third-order valence-electron chi connectivity index (χ3n) is 3.64. The second-order valence-corrected chi connectivity index (χ2v) is 5.76. The molecule has 8 nitrogen and oxygen atoms in total. The van der Waals surface area contributed by atoms with E-state index in [2.05, 4.69) is 25.8 Å². The van der Waals surface area contributed by atoms with Crippen LogP contribution in [0.25, 0.3) is 0 Å². The van der Waals surface area contributed by atoms with Gasteiger partial charge >= 0.3 is 0 Å².